The first-order chi connectivity index (χ1) is 10.5. The predicted molar refractivity (Wildman–Crippen MR) is 87.4 cm³/mol. The van der Waals surface area contributed by atoms with Crippen molar-refractivity contribution in [3.8, 4) is 0 Å². The van der Waals surface area contributed by atoms with E-state index in [1.165, 1.54) is 12.8 Å². The van der Waals surface area contributed by atoms with E-state index >= 15 is 0 Å². The molecule has 1 saturated carbocycles. The molecule has 5 nitrogen and oxygen atoms in total. The number of nitrogens with zero attached hydrogens (tertiary/aromatic N) is 2. The van der Waals surface area contributed by atoms with Crippen molar-refractivity contribution in [1.82, 2.24) is 15.1 Å². The van der Waals surface area contributed by atoms with E-state index in [4.69, 9.17) is 0 Å². The molecule has 2 amide bonds. The van der Waals surface area contributed by atoms with Crippen LogP contribution in [0.3, 0.4) is 0 Å². The van der Waals surface area contributed by atoms with Crippen LogP contribution in [0.25, 0.3) is 0 Å². The number of hydrogen-bond donors (Lipinski definition) is 1. The molecule has 2 fully saturated rings. The first kappa shape index (κ1) is 17.3. The van der Waals surface area contributed by atoms with Gasteiger partial charge >= 0.3 is 0 Å². The smallest absolute Gasteiger partial charge is 0.234 e. The molecule has 1 heterocycles. The highest BCUT2D eigenvalue weighted by Crippen LogP contribution is 2.23. The van der Waals surface area contributed by atoms with E-state index in [0.717, 1.165) is 44.7 Å². The Labute approximate surface area is 134 Å². The van der Waals surface area contributed by atoms with E-state index in [2.05, 4.69) is 17.1 Å². The maximum atomic E-state index is 12.2. The number of nitrogens with one attached hydrogen (secondary N) is 1. The summed E-state index contributed by atoms with van der Waals surface area (Å²) in [5.74, 6) is 1.31. The third-order valence-electron chi connectivity index (χ3n) is 5.13. The fourth-order valence-electron chi connectivity index (χ4n) is 3.58. The van der Waals surface area contributed by atoms with E-state index < -0.39 is 0 Å². The van der Waals surface area contributed by atoms with Gasteiger partial charge in [-0.25, -0.2) is 0 Å². The first-order valence-electron chi connectivity index (χ1n) is 8.68. The van der Waals surface area contributed by atoms with Crippen molar-refractivity contribution in [2.75, 3.05) is 33.7 Å². The third kappa shape index (κ3) is 4.97. The predicted octanol–water partition coefficient (Wildman–Crippen LogP) is 1.48. The van der Waals surface area contributed by atoms with Crippen LogP contribution in [0.1, 0.15) is 45.4 Å². The average molecular weight is 309 g/mol. The van der Waals surface area contributed by atoms with Crippen molar-refractivity contribution in [1.29, 1.82) is 0 Å². The summed E-state index contributed by atoms with van der Waals surface area (Å²) in [6.07, 6.45) is 6.42. The van der Waals surface area contributed by atoms with Crippen LogP contribution in [0, 0.1) is 11.8 Å². The number of rotatable bonds is 4. The molecule has 5 heteroatoms. The molecule has 1 aliphatic heterocycles. The monoisotopic (exact) mass is 309 g/mol. The summed E-state index contributed by atoms with van der Waals surface area (Å²) < 4.78 is 0. The summed E-state index contributed by atoms with van der Waals surface area (Å²) in [6, 6.07) is 0.372. The second-order valence-electron chi connectivity index (χ2n) is 7.31. The van der Waals surface area contributed by atoms with Gasteiger partial charge in [0.05, 0.1) is 6.54 Å². The average Bonchev–Trinajstić information content (AvgIpc) is 2.49. The van der Waals surface area contributed by atoms with Gasteiger partial charge in [0.25, 0.3) is 0 Å². The zero-order valence-electron chi connectivity index (χ0n) is 14.3. The van der Waals surface area contributed by atoms with Crippen molar-refractivity contribution in [2.45, 2.75) is 51.5 Å². The molecular formula is C17H31N3O2. The zero-order chi connectivity index (χ0) is 16.1. The van der Waals surface area contributed by atoms with E-state index in [-0.39, 0.29) is 17.7 Å². The topological polar surface area (TPSA) is 52.7 Å². The van der Waals surface area contributed by atoms with E-state index in [1.54, 1.807) is 4.90 Å². The van der Waals surface area contributed by atoms with Gasteiger partial charge in [-0.05, 0) is 57.5 Å². The van der Waals surface area contributed by atoms with Crippen LogP contribution in [-0.4, -0.2) is 61.4 Å². The Morgan fingerprint density at radius 3 is 2.18 bits per heavy atom. The quantitative estimate of drug-likeness (QED) is 0.856. The van der Waals surface area contributed by atoms with Crippen LogP contribution < -0.4 is 5.32 Å². The number of likely N-dealkylation sites (tertiary alicyclic amines) is 1. The maximum absolute atomic E-state index is 12.2. The highest BCUT2D eigenvalue weighted by atomic mass is 16.2. The van der Waals surface area contributed by atoms with Crippen molar-refractivity contribution >= 4 is 11.8 Å². The van der Waals surface area contributed by atoms with Gasteiger partial charge in [-0.3, -0.25) is 14.5 Å². The summed E-state index contributed by atoms with van der Waals surface area (Å²) in [6.45, 7) is 4.46. The van der Waals surface area contributed by atoms with Crippen LogP contribution in [0.2, 0.25) is 0 Å². The highest BCUT2D eigenvalue weighted by Gasteiger charge is 2.27. The first-order valence-corrected chi connectivity index (χ1v) is 8.68. The van der Waals surface area contributed by atoms with Gasteiger partial charge < -0.3 is 10.2 Å². The Morgan fingerprint density at radius 2 is 1.64 bits per heavy atom. The summed E-state index contributed by atoms with van der Waals surface area (Å²) in [5, 5.41) is 3.18. The maximum Gasteiger partial charge on any atom is 0.234 e. The number of piperidine rings is 1. The van der Waals surface area contributed by atoms with E-state index in [9.17, 15) is 9.59 Å². The minimum absolute atomic E-state index is 0.133. The van der Waals surface area contributed by atoms with Gasteiger partial charge in [-0.15, -0.1) is 0 Å². The van der Waals surface area contributed by atoms with E-state index in [1.807, 2.05) is 14.1 Å². The molecule has 2 aliphatic rings. The molecule has 0 bridgehead atoms. The summed E-state index contributed by atoms with van der Waals surface area (Å²) in [5.41, 5.74) is 0. The summed E-state index contributed by atoms with van der Waals surface area (Å²) in [7, 11) is 3.63. The lowest BCUT2D eigenvalue weighted by Gasteiger charge is -2.33. The molecule has 2 rings (SSSR count). The van der Waals surface area contributed by atoms with Gasteiger partial charge in [0, 0.05) is 26.1 Å². The van der Waals surface area contributed by atoms with Gasteiger partial charge in [0.2, 0.25) is 11.8 Å². The van der Waals surface area contributed by atoms with Gasteiger partial charge in [0.15, 0.2) is 0 Å². The fraction of sp³-hybridized carbons (Fsp3) is 0.882. The summed E-state index contributed by atoms with van der Waals surface area (Å²) in [4.78, 5) is 28.0. The number of amides is 2. The minimum atomic E-state index is 0.133. The van der Waals surface area contributed by atoms with E-state index in [0.29, 0.717) is 12.6 Å². The van der Waals surface area contributed by atoms with Gasteiger partial charge in [0.1, 0.15) is 0 Å². The normalized spacial score (nSPS) is 27.4. The molecule has 1 aliphatic carbocycles. The molecule has 0 spiro atoms. The Bertz CT molecular complexity index is 381. The SMILES string of the molecule is CC1CCC(NC(=O)CN2CCC(C(=O)N(C)C)CC2)CC1. The second kappa shape index (κ2) is 7.95. The molecule has 0 atom stereocenters. The lowest BCUT2D eigenvalue weighted by atomic mass is 9.87. The Balaban J connectivity index is 1.67. The number of carbonyl (C=O) groups is 2. The molecular weight excluding hydrogens is 278 g/mol. The molecule has 0 aromatic heterocycles. The minimum Gasteiger partial charge on any atom is -0.352 e. The highest BCUT2D eigenvalue weighted by molar-refractivity contribution is 5.79. The van der Waals surface area contributed by atoms with Crippen molar-refractivity contribution < 1.29 is 9.59 Å². The van der Waals surface area contributed by atoms with Crippen LogP contribution >= 0.6 is 0 Å². The van der Waals surface area contributed by atoms with Crippen LogP contribution in [0.15, 0.2) is 0 Å². The molecule has 0 aromatic rings. The standard InChI is InChI=1S/C17H31N3O2/c1-13-4-6-15(7-5-13)18-16(21)12-20-10-8-14(9-11-20)17(22)19(2)3/h13-15H,4-12H2,1-3H3,(H,18,21). The summed E-state index contributed by atoms with van der Waals surface area (Å²) >= 11 is 0. The van der Waals surface area contributed by atoms with Crippen LogP contribution in [0.5, 0.6) is 0 Å². The second-order valence-corrected chi connectivity index (χ2v) is 7.31. The number of carbonyl (C=O) groups excluding carboxylic acids is 2. The molecule has 1 N–H and O–H groups in total. The fourth-order valence-corrected chi connectivity index (χ4v) is 3.58. The van der Waals surface area contributed by atoms with Crippen molar-refractivity contribution in [2.24, 2.45) is 11.8 Å². The van der Waals surface area contributed by atoms with Crippen molar-refractivity contribution in [3.05, 3.63) is 0 Å². The molecule has 22 heavy (non-hydrogen) atoms. The lowest BCUT2D eigenvalue weighted by Crippen LogP contribution is -2.46. The molecule has 0 aromatic carbocycles. The number of hydrogen-bond acceptors (Lipinski definition) is 3. The molecule has 126 valence electrons. The largest absolute Gasteiger partial charge is 0.352 e. The molecule has 0 radical (unpaired) electrons. The Morgan fingerprint density at radius 1 is 1.05 bits per heavy atom. The van der Waals surface area contributed by atoms with Crippen LogP contribution in [-0.2, 0) is 9.59 Å². The zero-order valence-corrected chi connectivity index (χ0v) is 14.3. The Kier molecular flexibility index (Phi) is 6.24. The van der Waals surface area contributed by atoms with Gasteiger partial charge in [-0.2, -0.15) is 0 Å². The third-order valence-corrected chi connectivity index (χ3v) is 5.13. The molecule has 0 unspecified atom stereocenters. The van der Waals surface area contributed by atoms with Crippen molar-refractivity contribution in [3.63, 3.8) is 0 Å². The van der Waals surface area contributed by atoms with Crippen LogP contribution in [0.4, 0.5) is 0 Å². The van der Waals surface area contributed by atoms with Gasteiger partial charge in [-0.1, -0.05) is 6.92 Å². The Hall–Kier alpha value is -1.10. The molecule has 1 saturated heterocycles. The lowest BCUT2D eigenvalue weighted by molar-refractivity contribution is -0.134.